The molecule has 0 aromatic carbocycles. The molecular formula is C17H28N5O16P3S. The van der Waals surface area contributed by atoms with E-state index in [0.29, 0.717) is 0 Å². The first-order chi connectivity index (χ1) is 19.4. The summed E-state index contributed by atoms with van der Waals surface area (Å²) in [4.78, 5) is 42.3. The monoisotopic (exact) mass is 683 g/mol. The summed E-state index contributed by atoms with van der Waals surface area (Å²) in [5.74, 6) is -1.61. The van der Waals surface area contributed by atoms with Crippen LogP contribution in [0.5, 0.6) is 0 Å². The molecule has 0 amide bonds. The Labute approximate surface area is 240 Å². The summed E-state index contributed by atoms with van der Waals surface area (Å²) in [7, 11) is -10.4. The van der Waals surface area contributed by atoms with E-state index < -0.39 is 96.3 Å². The molecule has 0 aliphatic carbocycles. The van der Waals surface area contributed by atoms with Gasteiger partial charge in [0.25, 0.3) is 0 Å². The van der Waals surface area contributed by atoms with Crippen LogP contribution in [0.25, 0.3) is 11.2 Å². The lowest BCUT2D eigenvalue weighted by Gasteiger charge is -2.40. The quantitative estimate of drug-likeness (QED) is 0.102. The Kier molecular flexibility index (Phi) is 10.2. The summed E-state index contributed by atoms with van der Waals surface area (Å²) >= 11 is 4.61. The van der Waals surface area contributed by atoms with Crippen LogP contribution in [0.3, 0.4) is 0 Å². The van der Waals surface area contributed by atoms with Crippen LogP contribution in [-0.2, 0) is 43.8 Å². The number of aromatic nitrogens is 4. The van der Waals surface area contributed by atoms with Gasteiger partial charge in [0.05, 0.1) is 19.5 Å². The van der Waals surface area contributed by atoms with E-state index in [0.717, 1.165) is 6.33 Å². The van der Waals surface area contributed by atoms with Crippen molar-refractivity contribution in [1.82, 2.24) is 19.5 Å². The molecule has 2 aliphatic rings. The maximum Gasteiger partial charge on any atom is 0.347 e. The Hall–Kier alpha value is -1.10. The number of hydrogen-bond acceptors (Lipinski definition) is 18. The van der Waals surface area contributed by atoms with Crippen molar-refractivity contribution in [3.05, 3.63) is 12.7 Å². The van der Waals surface area contributed by atoms with Crippen molar-refractivity contribution in [2.45, 2.75) is 55.2 Å². The van der Waals surface area contributed by atoms with Crippen LogP contribution in [0.4, 0.5) is 5.82 Å². The highest BCUT2D eigenvalue weighted by Gasteiger charge is 2.49. The van der Waals surface area contributed by atoms with Crippen molar-refractivity contribution in [3.63, 3.8) is 0 Å². The molecule has 21 nitrogen and oxygen atoms in total. The highest BCUT2D eigenvalue weighted by atomic mass is 32.5. The average molecular weight is 683 g/mol. The molecular weight excluding hydrogens is 655 g/mol. The lowest BCUT2D eigenvalue weighted by atomic mass is 10.00. The third kappa shape index (κ3) is 7.40. The van der Waals surface area contributed by atoms with E-state index in [1.807, 2.05) is 0 Å². The van der Waals surface area contributed by atoms with E-state index in [9.17, 15) is 54.4 Å². The van der Waals surface area contributed by atoms with Crippen molar-refractivity contribution in [2.24, 2.45) is 0 Å². The van der Waals surface area contributed by atoms with Crippen LogP contribution in [0.2, 0.25) is 0 Å². The molecule has 4 rings (SSSR count). The maximum atomic E-state index is 12.6. The van der Waals surface area contributed by atoms with Gasteiger partial charge in [0, 0.05) is 0 Å². The number of hydrogen-bond donors (Lipinski definition) is 10. The van der Waals surface area contributed by atoms with Crippen LogP contribution < -0.4 is 5.73 Å². The highest BCUT2D eigenvalue weighted by molar-refractivity contribution is 8.08. The van der Waals surface area contributed by atoms with E-state index in [2.05, 4.69) is 31.1 Å². The summed E-state index contributed by atoms with van der Waals surface area (Å²) in [6, 6.07) is 0. The largest absolute Gasteiger partial charge is 0.394 e. The second kappa shape index (κ2) is 12.7. The Morgan fingerprint density at radius 2 is 1.60 bits per heavy atom. The van der Waals surface area contributed by atoms with Crippen LogP contribution in [-0.4, -0.2) is 133 Å². The fourth-order valence-corrected chi connectivity index (χ4v) is 10.4. The molecule has 2 saturated heterocycles. The van der Waals surface area contributed by atoms with Gasteiger partial charge in [-0.25, -0.2) is 19.3 Å². The molecule has 0 bridgehead atoms. The van der Waals surface area contributed by atoms with E-state index in [4.69, 9.17) is 24.3 Å². The minimum Gasteiger partial charge on any atom is -0.394 e. The van der Waals surface area contributed by atoms with Crippen molar-refractivity contribution < 1.29 is 77.3 Å². The number of imidazole rings is 1. The zero-order valence-electron chi connectivity index (χ0n) is 21.0. The molecule has 0 radical (unpaired) electrons. The Morgan fingerprint density at radius 3 is 2.26 bits per heavy atom. The molecule has 2 aromatic heterocycles. The zero-order valence-corrected chi connectivity index (χ0v) is 24.5. The number of nitrogen functional groups attached to an aromatic ring is 1. The molecule has 2 aliphatic heterocycles. The summed E-state index contributed by atoms with van der Waals surface area (Å²) in [6.07, 6.45) is -12.9. The Bertz CT molecular complexity index is 1420. The first kappa shape index (κ1) is 33.8. The molecule has 0 saturated carbocycles. The van der Waals surface area contributed by atoms with Crippen molar-refractivity contribution in [2.75, 3.05) is 24.9 Å². The molecule has 2 fully saturated rings. The van der Waals surface area contributed by atoms with Gasteiger partial charge in [-0.2, -0.15) is 0 Å². The van der Waals surface area contributed by atoms with Gasteiger partial charge >= 0.3 is 21.9 Å². The lowest BCUT2D eigenvalue weighted by molar-refractivity contribution is -0.278. The fraction of sp³-hybridized carbons (Fsp3) is 0.706. The highest BCUT2D eigenvalue weighted by Crippen LogP contribution is 2.67. The lowest BCUT2D eigenvalue weighted by Crippen LogP contribution is -2.58. The molecule has 4 heterocycles. The van der Waals surface area contributed by atoms with Gasteiger partial charge in [0.2, 0.25) is 0 Å². The number of fused-ring (bicyclic) bond motifs is 1. The van der Waals surface area contributed by atoms with E-state index >= 15 is 0 Å². The second-order valence-electron chi connectivity index (χ2n) is 9.19. The van der Waals surface area contributed by atoms with Crippen molar-refractivity contribution >= 4 is 50.7 Å². The van der Waals surface area contributed by atoms with Crippen LogP contribution in [0, 0.1) is 0 Å². The van der Waals surface area contributed by atoms with Gasteiger partial charge in [-0.3, -0.25) is 18.2 Å². The normalized spacial score (nSPS) is 36.4. The minimum atomic E-state index is -5.30. The minimum absolute atomic E-state index is 0.0376. The number of rotatable bonds is 11. The molecule has 0 spiro atoms. The number of anilines is 1. The van der Waals surface area contributed by atoms with E-state index in [1.54, 1.807) is 0 Å². The smallest absolute Gasteiger partial charge is 0.347 e. The van der Waals surface area contributed by atoms with Crippen LogP contribution in [0.1, 0.15) is 6.23 Å². The number of nitrogens with zero attached hydrogens (tertiary/aromatic N) is 4. The number of nitrogens with two attached hydrogens (primary N) is 1. The van der Waals surface area contributed by atoms with Gasteiger partial charge in [0.1, 0.15) is 54.6 Å². The van der Waals surface area contributed by atoms with E-state index in [1.165, 1.54) is 10.9 Å². The molecule has 25 heteroatoms. The standard InChI is InChI=1S/C17H28N5O16P3S/c18-14-8-15(20-3-19-14)22(4-21-8)16-12(27)10(25)7(35-16)2-34-39(29,30)5-40(31,32)38-41(33,42)37-17-13(28)11(26)9(24)6(1-23)36-17/h3-4,6-7,9-13,16-17,23-28H,1-2,5H2,(H,29,30)(H,31,32)(H,33,42)(H2,18,19,20). The second-order valence-corrected chi connectivity index (χ2v) is 16.3. The molecule has 12 atom stereocenters. The molecule has 238 valence electrons. The number of ether oxygens (including phenoxy) is 2. The van der Waals surface area contributed by atoms with Gasteiger partial charge in [-0.1, -0.05) is 0 Å². The summed E-state index contributed by atoms with van der Waals surface area (Å²) in [5, 5.41) is 59.7. The fourth-order valence-electron chi connectivity index (χ4n) is 4.10. The first-order valence-electron chi connectivity index (χ1n) is 11.7. The van der Waals surface area contributed by atoms with Crippen LogP contribution in [0.15, 0.2) is 12.7 Å². The van der Waals surface area contributed by atoms with Gasteiger partial charge < -0.3 is 65.1 Å². The predicted molar refractivity (Wildman–Crippen MR) is 139 cm³/mol. The summed E-state index contributed by atoms with van der Waals surface area (Å²) in [6.45, 7) is -6.59. The Morgan fingerprint density at radius 1 is 0.929 bits per heavy atom. The summed E-state index contributed by atoms with van der Waals surface area (Å²) < 4.78 is 50.9. The average Bonchev–Trinajstić information content (AvgIpc) is 3.43. The topological polar surface area (TPSA) is 332 Å². The molecule has 11 N–H and O–H groups in total. The third-order valence-electron chi connectivity index (χ3n) is 6.11. The Balaban J connectivity index is 1.36. The maximum absolute atomic E-state index is 12.6. The third-order valence-corrected chi connectivity index (χ3v) is 12.7. The number of aliphatic hydroxyl groups excluding tert-OH is 6. The van der Waals surface area contributed by atoms with Crippen molar-refractivity contribution in [1.29, 1.82) is 0 Å². The van der Waals surface area contributed by atoms with E-state index in [-0.39, 0.29) is 17.0 Å². The van der Waals surface area contributed by atoms with Gasteiger partial charge in [-0.15, -0.1) is 0 Å². The van der Waals surface area contributed by atoms with Crippen LogP contribution >= 0.6 is 21.9 Å². The summed E-state index contributed by atoms with van der Waals surface area (Å²) in [5.41, 5.74) is 6.06. The predicted octanol–water partition coefficient (Wildman–Crippen LogP) is -3.58. The number of aliphatic hydroxyl groups is 6. The zero-order chi connectivity index (χ0) is 31.2. The first-order valence-corrected chi connectivity index (χ1v) is 17.8. The molecule has 2 aromatic rings. The van der Waals surface area contributed by atoms with Gasteiger partial charge in [-0.05, 0) is 11.8 Å². The molecule has 12 unspecified atom stereocenters. The van der Waals surface area contributed by atoms with Gasteiger partial charge in [0.15, 0.2) is 29.9 Å². The molecule has 42 heavy (non-hydrogen) atoms. The SMILES string of the molecule is Nc1ncnc2c1ncn2C1OC(COP(=O)(O)CP(=O)(O)OP(O)(=S)OC2OC(CO)C(O)C(O)C2O)C(O)C1O. The van der Waals surface area contributed by atoms with Crippen molar-refractivity contribution in [3.8, 4) is 0 Å².